The van der Waals surface area contributed by atoms with E-state index in [9.17, 15) is 9.00 Å². The highest BCUT2D eigenvalue weighted by Gasteiger charge is 2.45. The highest BCUT2D eigenvalue weighted by atomic mass is 32.2. The average Bonchev–Trinajstić information content (AvgIpc) is 2.54. The molecular weight excluding hydrogens is 248 g/mol. The summed E-state index contributed by atoms with van der Waals surface area (Å²) in [5.74, 6) is 0.871. The summed E-state index contributed by atoms with van der Waals surface area (Å²) < 4.78 is 11.1. The molecule has 0 aromatic heterocycles. The van der Waals surface area contributed by atoms with Crippen molar-refractivity contribution in [2.45, 2.75) is 58.2 Å². The van der Waals surface area contributed by atoms with Crippen molar-refractivity contribution in [2.75, 3.05) is 18.6 Å². The minimum atomic E-state index is -0.771. The summed E-state index contributed by atoms with van der Waals surface area (Å²) in [4.78, 5) is 14.4. The van der Waals surface area contributed by atoms with Gasteiger partial charge in [-0.25, -0.2) is 0 Å². The minimum Gasteiger partial charge on any atom is -0.326 e. The van der Waals surface area contributed by atoms with Crippen molar-refractivity contribution in [1.82, 2.24) is 10.2 Å². The molecule has 0 aromatic carbocycles. The normalized spacial score (nSPS) is 29.9. The molecule has 1 saturated heterocycles. The lowest BCUT2D eigenvalue weighted by atomic mass is 9.99. The molecule has 106 valence electrons. The Morgan fingerprint density at radius 2 is 2.11 bits per heavy atom. The number of hydrogen-bond donors (Lipinski definition) is 1. The van der Waals surface area contributed by atoms with E-state index in [0.29, 0.717) is 12.3 Å². The minimum absolute atomic E-state index is 0.151. The van der Waals surface area contributed by atoms with E-state index in [-0.39, 0.29) is 12.1 Å². The van der Waals surface area contributed by atoms with Gasteiger partial charge in [0.05, 0.1) is 11.7 Å². The van der Waals surface area contributed by atoms with Crippen molar-refractivity contribution in [3.05, 3.63) is 0 Å². The molecule has 0 saturated carbocycles. The summed E-state index contributed by atoms with van der Waals surface area (Å²) in [6.45, 7) is 6.87. The first-order valence-corrected chi connectivity index (χ1v) is 8.56. The van der Waals surface area contributed by atoms with Crippen LogP contribution < -0.4 is 5.32 Å². The lowest BCUT2D eigenvalue weighted by molar-refractivity contribution is -0.133. The molecule has 4 nitrogen and oxygen atoms in total. The third-order valence-electron chi connectivity index (χ3n) is 3.69. The van der Waals surface area contributed by atoms with Crippen molar-refractivity contribution in [1.29, 1.82) is 0 Å². The maximum Gasteiger partial charge on any atom is 0.243 e. The van der Waals surface area contributed by atoms with Crippen molar-refractivity contribution in [2.24, 2.45) is 0 Å². The summed E-state index contributed by atoms with van der Waals surface area (Å²) in [6.07, 6.45) is 5.53. The summed E-state index contributed by atoms with van der Waals surface area (Å²) in [6, 6.07) is 0. The van der Waals surface area contributed by atoms with Crippen LogP contribution in [-0.4, -0.2) is 45.3 Å². The fraction of sp³-hybridized carbons (Fsp3) is 0.923. The predicted octanol–water partition coefficient (Wildman–Crippen LogP) is 1.48. The summed E-state index contributed by atoms with van der Waals surface area (Å²) in [5.41, 5.74) is -0.412. The molecular formula is C13H26N2O2S. The van der Waals surface area contributed by atoms with Crippen molar-refractivity contribution in [3.8, 4) is 0 Å². The molecule has 0 spiro atoms. The van der Waals surface area contributed by atoms with Gasteiger partial charge < -0.3 is 4.90 Å². The van der Waals surface area contributed by atoms with Crippen LogP contribution in [0, 0.1) is 0 Å². The van der Waals surface area contributed by atoms with Gasteiger partial charge in [-0.2, -0.15) is 0 Å². The number of nitrogens with zero attached hydrogens (tertiary/aromatic N) is 1. The Bertz CT molecular complexity index is 322. The monoisotopic (exact) mass is 274 g/mol. The Morgan fingerprint density at radius 3 is 2.61 bits per heavy atom. The SMILES string of the molecule is CCCC1NC(C)(CC)C(=O)N1CCCS(C)=O. The molecule has 1 aliphatic heterocycles. The van der Waals surface area contributed by atoms with Gasteiger partial charge in [0.15, 0.2) is 0 Å². The molecule has 1 aliphatic rings. The molecule has 3 unspecified atom stereocenters. The third kappa shape index (κ3) is 3.54. The van der Waals surface area contributed by atoms with Crippen LogP contribution >= 0.6 is 0 Å². The molecule has 5 heteroatoms. The van der Waals surface area contributed by atoms with Crippen molar-refractivity contribution in [3.63, 3.8) is 0 Å². The van der Waals surface area contributed by atoms with E-state index in [1.807, 2.05) is 18.7 Å². The lowest BCUT2D eigenvalue weighted by Crippen LogP contribution is -2.43. The van der Waals surface area contributed by atoms with E-state index >= 15 is 0 Å². The van der Waals surface area contributed by atoms with Crippen LogP contribution in [0.3, 0.4) is 0 Å². The summed E-state index contributed by atoms with van der Waals surface area (Å²) in [7, 11) is -0.771. The van der Waals surface area contributed by atoms with Gasteiger partial charge in [0.2, 0.25) is 5.91 Å². The average molecular weight is 274 g/mol. The molecule has 0 radical (unpaired) electrons. The van der Waals surface area contributed by atoms with Gasteiger partial charge in [0.25, 0.3) is 0 Å². The van der Waals surface area contributed by atoms with Gasteiger partial charge in [-0.15, -0.1) is 0 Å². The van der Waals surface area contributed by atoms with Crippen LogP contribution in [0.25, 0.3) is 0 Å². The second-order valence-corrected chi connectivity index (χ2v) is 6.82. The number of nitrogens with one attached hydrogen (secondary N) is 1. The van der Waals surface area contributed by atoms with E-state index in [4.69, 9.17) is 0 Å². The van der Waals surface area contributed by atoms with E-state index in [2.05, 4.69) is 12.2 Å². The number of carbonyl (C=O) groups excluding carboxylic acids is 1. The quantitative estimate of drug-likeness (QED) is 0.765. The summed E-state index contributed by atoms with van der Waals surface area (Å²) >= 11 is 0. The van der Waals surface area contributed by atoms with E-state index in [0.717, 1.165) is 25.7 Å². The van der Waals surface area contributed by atoms with Crippen LogP contribution in [0.1, 0.15) is 46.5 Å². The molecule has 0 aromatic rings. The maximum absolute atomic E-state index is 12.4. The molecule has 1 fully saturated rings. The van der Waals surface area contributed by atoms with Crippen molar-refractivity contribution >= 4 is 16.7 Å². The van der Waals surface area contributed by atoms with Gasteiger partial charge in [-0.3, -0.25) is 14.3 Å². The molecule has 3 atom stereocenters. The van der Waals surface area contributed by atoms with Gasteiger partial charge in [-0.1, -0.05) is 20.3 Å². The zero-order valence-corrected chi connectivity index (χ0v) is 12.8. The first-order valence-electron chi connectivity index (χ1n) is 6.83. The fourth-order valence-corrected chi connectivity index (χ4v) is 2.95. The molecule has 0 bridgehead atoms. The topological polar surface area (TPSA) is 49.4 Å². The molecule has 18 heavy (non-hydrogen) atoms. The van der Waals surface area contributed by atoms with Crippen LogP contribution in [0.2, 0.25) is 0 Å². The lowest BCUT2D eigenvalue weighted by Gasteiger charge is -2.23. The number of hydrogen-bond acceptors (Lipinski definition) is 3. The van der Waals surface area contributed by atoms with Gasteiger partial charge in [0.1, 0.15) is 0 Å². The Labute approximate surface area is 113 Å². The number of amides is 1. The maximum atomic E-state index is 12.4. The van der Waals surface area contributed by atoms with Crippen LogP contribution in [-0.2, 0) is 15.6 Å². The standard InChI is InChI=1S/C13H26N2O2S/c1-5-8-11-14-13(3,6-2)12(16)15(11)9-7-10-18(4)17/h11,14H,5-10H2,1-4H3. The molecule has 0 aliphatic carbocycles. The van der Waals surface area contributed by atoms with E-state index < -0.39 is 16.3 Å². The zero-order chi connectivity index (χ0) is 13.8. The Hall–Kier alpha value is -0.420. The molecule has 1 N–H and O–H groups in total. The van der Waals surface area contributed by atoms with Gasteiger partial charge in [-0.05, 0) is 26.2 Å². The Morgan fingerprint density at radius 1 is 1.44 bits per heavy atom. The van der Waals surface area contributed by atoms with Crippen molar-refractivity contribution < 1.29 is 9.00 Å². The molecule has 1 amide bonds. The number of rotatable bonds is 7. The van der Waals surface area contributed by atoms with E-state index in [1.54, 1.807) is 6.26 Å². The smallest absolute Gasteiger partial charge is 0.243 e. The highest BCUT2D eigenvalue weighted by molar-refractivity contribution is 7.84. The largest absolute Gasteiger partial charge is 0.326 e. The van der Waals surface area contributed by atoms with Gasteiger partial charge >= 0.3 is 0 Å². The number of carbonyl (C=O) groups is 1. The zero-order valence-electron chi connectivity index (χ0n) is 12.0. The predicted molar refractivity (Wildman–Crippen MR) is 75.8 cm³/mol. The van der Waals surface area contributed by atoms with Crippen LogP contribution in [0.4, 0.5) is 0 Å². The second kappa shape index (κ2) is 6.66. The Kier molecular flexibility index (Phi) is 5.79. The first-order chi connectivity index (χ1) is 8.44. The Balaban J connectivity index is 2.66. The molecule has 1 rings (SSSR count). The van der Waals surface area contributed by atoms with Crippen LogP contribution in [0.15, 0.2) is 0 Å². The second-order valence-electron chi connectivity index (χ2n) is 5.26. The highest BCUT2D eigenvalue weighted by Crippen LogP contribution is 2.25. The molecule has 1 heterocycles. The fourth-order valence-electron chi connectivity index (χ4n) is 2.42. The third-order valence-corrected chi connectivity index (χ3v) is 4.56. The first kappa shape index (κ1) is 15.6. The van der Waals surface area contributed by atoms with Crippen LogP contribution in [0.5, 0.6) is 0 Å². The van der Waals surface area contributed by atoms with E-state index in [1.165, 1.54) is 0 Å². The summed E-state index contributed by atoms with van der Waals surface area (Å²) in [5, 5.41) is 3.46. The van der Waals surface area contributed by atoms with Gasteiger partial charge in [0, 0.05) is 29.4 Å².